The molecule has 0 aliphatic rings. The lowest BCUT2D eigenvalue weighted by molar-refractivity contribution is 0.404. The van der Waals surface area contributed by atoms with E-state index in [-0.39, 0.29) is 6.04 Å². The Morgan fingerprint density at radius 1 is 1.47 bits per heavy atom. The minimum absolute atomic E-state index is 0.253. The molecule has 0 aliphatic carbocycles. The number of nitrogens with two attached hydrogens (primary N) is 1. The number of hydrazine groups is 1. The molecule has 0 saturated heterocycles. The van der Waals surface area contributed by atoms with Crippen molar-refractivity contribution >= 4 is 27.5 Å². The fraction of sp³-hybridized carbons (Fsp3) is 0.455. The zero-order valence-corrected chi connectivity index (χ0v) is 11.3. The first kappa shape index (κ1) is 13.0. The fourth-order valence-electron chi connectivity index (χ4n) is 1.41. The Kier molecular flexibility index (Phi) is 5.06. The van der Waals surface area contributed by atoms with Gasteiger partial charge in [0, 0.05) is 15.5 Å². The zero-order valence-electron chi connectivity index (χ0n) is 8.93. The minimum atomic E-state index is 0.253. The van der Waals surface area contributed by atoms with Crippen LogP contribution in [0.25, 0.3) is 0 Å². The molecule has 0 fully saturated rings. The van der Waals surface area contributed by atoms with Gasteiger partial charge in [0.1, 0.15) is 0 Å². The SMILES string of the molecule is CC(C)C(Cc1ccc(Br)cc1Cl)NN. The van der Waals surface area contributed by atoms with Gasteiger partial charge in [-0.1, -0.05) is 47.4 Å². The van der Waals surface area contributed by atoms with Crippen LogP contribution in [-0.2, 0) is 6.42 Å². The molecule has 1 aromatic carbocycles. The average Bonchev–Trinajstić information content (AvgIpc) is 2.16. The maximum absolute atomic E-state index is 6.14. The summed E-state index contributed by atoms with van der Waals surface area (Å²) in [5.74, 6) is 5.98. The van der Waals surface area contributed by atoms with Gasteiger partial charge in [-0.25, -0.2) is 0 Å². The largest absolute Gasteiger partial charge is 0.271 e. The third-order valence-corrected chi connectivity index (χ3v) is 3.32. The quantitative estimate of drug-likeness (QED) is 0.661. The lowest BCUT2D eigenvalue weighted by Gasteiger charge is -2.20. The summed E-state index contributed by atoms with van der Waals surface area (Å²) >= 11 is 9.52. The van der Waals surface area contributed by atoms with Crippen LogP contribution in [-0.4, -0.2) is 6.04 Å². The van der Waals surface area contributed by atoms with Crippen LogP contribution in [0.3, 0.4) is 0 Å². The predicted molar refractivity (Wildman–Crippen MR) is 68.8 cm³/mol. The van der Waals surface area contributed by atoms with Crippen LogP contribution >= 0.6 is 27.5 Å². The molecule has 1 rings (SSSR count). The van der Waals surface area contributed by atoms with Crippen LogP contribution in [0.2, 0.25) is 5.02 Å². The molecule has 0 bridgehead atoms. The summed E-state index contributed by atoms with van der Waals surface area (Å²) in [4.78, 5) is 0. The summed E-state index contributed by atoms with van der Waals surface area (Å²) in [5.41, 5.74) is 3.94. The summed E-state index contributed by atoms with van der Waals surface area (Å²) in [6.07, 6.45) is 0.847. The van der Waals surface area contributed by atoms with Crippen LogP contribution < -0.4 is 11.3 Å². The molecular weight excluding hydrogens is 275 g/mol. The first-order valence-corrected chi connectivity index (χ1v) is 6.11. The molecule has 1 atom stereocenters. The van der Waals surface area contributed by atoms with Crippen molar-refractivity contribution in [1.82, 2.24) is 5.43 Å². The van der Waals surface area contributed by atoms with E-state index in [2.05, 4.69) is 35.2 Å². The molecule has 0 aromatic heterocycles. The van der Waals surface area contributed by atoms with Gasteiger partial charge in [0.05, 0.1) is 0 Å². The monoisotopic (exact) mass is 290 g/mol. The highest BCUT2D eigenvalue weighted by molar-refractivity contribution is 9.10. The molecule has 1 aromatic rings. The zero-order chi connectivity index (χ0) is 11.4. The Bertz CT molecular complexity index is 328. The highest BCUT2D eigenvalue weighted by Gasteiger charge is 2.13. The second-order valence-electron chi connectivity index (χ2n) is 3.96. The maximum Gasteiger partial charge on any atom is 0.0449 e. The Morgan fingerprint density at radius 2 is 2.13 bits per heavy atom. The Morgan fingerprint density at radius 3 is 2.60 bits per heavy atom. The highest BCUT2D eigenvalue weighted by atomic mass is 79.9. The van der Waals surface area contributed by atoms with Gasteiger partial charge in [-0.2, -0.15) is 0 Å². The van der Waals surface area contributed by atoms with Gasteiger partial charge in [0.15, 0.2) is 0 Å². The smallest absolute Gasteiger partial charge is 0.0449 e. The van der Waals surface area contributed by atoms with E-state index in [9.17, 15) is 0 Å². The van der Waals surface area contributed by atoms with Gasteiger partial charge in [-0.15, -0.1) is 0 Å². The molecule has 4 heteroatoms. The Hall–Kier alpha value is -0.0900. The molecule has 0 aliphatic heterocycles. The first-order valence-electron chi connectivity index (χ1n) is 4.94. The number of hydrogen-bond acceptors (Lipinski definition) is 2. The topological polar surface area (TPSA) is 38.0 Å². The Balaban J connectivity index is 2.79. The Labute approximate surface area is 104 Å². The van der Waals surface area contributed by atoms with Gasteiger partial charge in [0.2, 0.25) is 0 Å². The predicted octanol–water partition coefficient (Wildman–Crippen LogP) is 3.13. The molecule has 3 N–H and O–H groups in total. The summed E-state index contributed by atoms with van der Waals surface area (Å²) in [6.45, 7) is 4.27. The molecule has 0 saturated carbocycles. The van der Waals surface area contributed by atoms with Crippen molar-refractivity contribution in [1.29, 1.82) is 0 Å². The molecule has 1 unspecified atom stereocenters. The molecule has 0 radical (unpaired) electrons. The van der Waals surface area contributed by atoms with Crippen molar-refractivity contribution < 1.29 is 0 Å². The van der Waals surface area contributed by atoms with E-state index in [1.165, 1.54) is 0 Å². The molecule has 84 valence electrons. The van der Waals surface area contributed by atoms with Crippen LogP contribution in [0.15, 0.2) is 22.7 Å². The van der Waals surface area contributed by atoms with E-state index in [1.54, 1.807) is 0 Å². The lowest BCUT2D eigenvalue weighted by atomic mass is 9.97. The number of benzene rings is 1. The fourth-order valence-corrected chi connectivity index (χ4v) is 2.16. The third-order valence-electron chi connectivity index (χ3n) is 2.47. The van der Waals surface area contributed by atoms with Crippen LogP contribution in [0.5, 0.6) is 0 Å². The van der Waals surface area contributed by atoms with Gasteiger partial charge in [-0.05, 0) is 30.0 Å². The normalized spacial score (nSPS) is 13.2. The molecule has 0 amide bonds. The van der Waals surface area contributed by atoms with Crippen LogP contribution in [0, 0.1) is 5.92 Å². The minimum Gasteiger partial charge on any atom is -0.271 e. The van der Waals surface area contributed by atoms with Crippen molar-refractivity contribution in [3.63, 3.8) is 0 Å². The van der Waals surface area contributed by atoms with Gasteiger partial charge < -0.3 is 0 Å². The standard InChI is InChI=1S/C11H16BrClN2/c1-7(2)11(15-14)5-8-3-4-9(12)6-10(8)13/h3-4,6-7,11,15H,5,14H2,1-2H3. The molecule has 0 spiro atoms. The molecule has 2 nitrogen and oxygen atoms in total. The van der Waals surface area contributed by atoms with Crippen molar-refractivity contribution in [2.24, 2.45) is 11.8 Å². The lowest BCUT2D eigenvalue weighted by Crippen LogP contribution is -2.40. The summed E-state index contributed by atoms with van der Waals surface area (Å²) in [7, 11) is 0. The average molecular weight is 292 g/mol. The number of halogens is 2. The van der Waals surface area contributed by atoms with Crippen LogP contribution in [0.4, 0.5) is 0 Å². The van der Waals surface area contributed by atoms with E-state index >= 15 is 0 Å². The highest BCUT2D eigenvalue weighted by Crippen LogP contribution is 2.23. The van der Waals surface area contributed by atoms with E-state index < -0.39 is 0 Å². The third kappa shape index (κ3) is 3.76. The van der Waals surface area contributed by atoms with Crippen LogP contribution in [0.1, 0.15) is 19.4 Å². The van der Waals surface area contributed by atoms with Gasteiger partial charge in [0.25, 0.3) is 0 Å². The van der Waals surface area contributed by atoms with E-state index in [1.807, 2.05) is 18.2 Å². The van der Waals surface area contributed by atoms with E-state index in [0.29, 0.717) is 5.92 Å². The number of nitrogens with one attached hydrogen (secondary N) is 1. The second-order valence-corrected chi connectivity index (χ2v) is 5.28. The first-order chi connectivity index (χ1) is 7.04. The van der Waals surface area contributed by atoms with Gasteiger partial charge >= 0.3 is 0 Å². The summed E-state index contributed by atoms with van der Waals surface area (Å²) in [5, 5.41) is 0.783. The van der Waals surface area contributed by atoms with Crippen molar-refractivity contribution in [2.75, 3.05) is 0 Å². The molecular formula is C11H16BrClN2. The molecule has 0 heterocycles. The summed E-state index contributed by atoms with van der Waals surface area (Å²) < 4.78 is 0.998. The van der Waals surface area contributed by atoms with E-state index in [0.717, 1.165) is 21.5 Å². The van der Waals surface area contributed by atoms with Crippen molar-refractivity contribution in [3.05, 3.63) is 33.3 Å². The number of rotatable bonds is 4. The van der Waals surface area contributed by atoms with E-state index in [4.69, 9.17) is 17.4 Å². The number of hydrogen-bond donors (Lipinski definition) is 2. The maximum atomic E-state index is 6.14. The summed E-state index contributed by atoms with van der Waals surface area (Å²) in [6, 6.07) is 6.18. The molecule has 15 heavy (non-hydrogen) atoms. The second kappa shape index (κ2) is 5.85. The van der Waals surface area contributed by atoms with Crippen molar-refractivity contribution in [2.45, 2.75) is 26.3 Å². The van der Waals surface area contributed by atoms with Gasteiger partial charge in [-0.3, -0.25) is 11.3 Å². The van der Waals surface area contributed by atoms with Crippen molar-refractivity contribution in [3.8, 4) is 0 Å².